The fourth-order valence-electron chi connectivity index (χ4n) is 1.87. The van der Waals surface area contributed by atoms with Gasteiger partial charge in [-0.2, -0.15) is 0 Å². The van der Waals surface area contributed by atoms with Gasteiger partial charge >= 0.3 is 0 Å². The van der Waals surface area contributed by atoms with E-state index < -0.39 is 0 Å². The van der Waals surface area contributed by atoms with Crippen LogP contribution in [0.3, 0.4) is 0 Å². The van der Waals surface area contributed by atoms with Gasteiger partial charge in [0, 0.05) is 17.3 Å². The van der Waals surface area contributed by atoms with E-state index in [1.807, 2.05) is 11.3 Å². The SMILES string of the molecule is O=CC1CCN(Cc2cccs2)CC1. The van der Waals surface area contributed by atoms with Gasteiger partial charge < -0.3 is 4.79 Å². The van der Waals surface area contributed by atoms with E-state index in [9.17, 15) is 4.79 Å². The number of hydrogen-bond acceptors (Lipinski definition) is 3. The molecule has 1 saturated heterocycles. The number of carbonyl (C=O) groups is 1. The van der Waals surface area contributed by atoms with Crippen molar-refractivity contribution in [3.63, 3.8) is 0 Å². The van der Waals surface area contributed by atoms with Gasteiger partial charge in [0.25, 0.3) is 0 Å². The molecule has 0 atom stereocenters. The van der Waals surface area contributed by atoms with Crippen molar-refractivity contribution in [3.05, 3.63) is 22.4 Å². The number of hydrogen-bond donors (Lipinski definition) is 0. The van der Waals surface area contributed by atoms with Crippen LogP contribution in [-0.4, -0.2) is 24.3 Å². The van der Waals surface area contributed by atoms with Gasteiger partial charge in [-0.1, -0.05) is 6.07 Å². The maximum absolute atomic E-state index is 10.6. The van der Waals surface area contributed by atoms with Crippen molar-refractivity contribution in [3.8, 4) is 0 Å². The predicted octanol–water partition coefficient (Wildman–Crippen LogP) is 2.16. The molecule has 1 aliphatic rings. The van der Waals surface area contributed by atoms with Crippen molar-refractivity contribution in [2.75, 3.05) is 13.1 Å². The molecule has 0 aliphatic carbocycles. The van der Waals surface area contributed by atoms with Crippen molar-refractivity contribution < 1.29 is 4.79 Å². The molecule has 3 heteroatoms. The van der Waals surface area contributed by atoms with Crippen LogP contribution in [0.2, 0.25) is 0 Å². The molecule has 1 aliphatic heterocycles. The Morgan fingerprint density at radius 3 is 2.86 bits per heavy atom. The van der Waals surface area contributed by atoms with Gasteiger partial charge in [-0.05, 0) is 37.4 Å². The second-order valence-electron chi connectivity index (χ2n) is 3.83. The van der Waals surface area contributed by atoms with Crippen molar-refractivity contribution in [1.29, 1.82) is 0 Å². The summed E-state index contributed by atoms with van der Waals surface area (Å²) < 4.78 is 0. The van der Waals surface area contributed by atoms with E-state index in [1.165, 1.54) is 4.88 Å². The second-order valence-corrected chi connectivity index (χ2v) is 4.86. The fourth-order valence-corrected chi connectivity index (χ4v) is 2.62. The third kappa shape index (κ3) is 2.42. The number of thiophene rings is 1. The maximum Gasteiger partial charge on any atom is 0.123 e. The highest BCUT2D eigenvalue weighted by molar-refractivity contribution is 7.09. The van der Waals surface area contributed by atoms with E-state index in [1.54, 1.807) is 0 Å². The average Bonchev–Trinajstić information content (AvgIpc) is 2.72. The van der Waals surface area contributed by atoms with Crippen LogP contribution in [-0.2, 0) is 11.3 Å². The summed E-state index contributed by atoms with van der Waals surface area (Å²) in [6.07, 6.45) is 3.19. The number of aldehydes is 1. The first-order valence-corrected chi connectivity index (χ1v) is 5.96. The fraction of sp³-hybridized carbons (Fsp3) is 0.545. The van der Waals surface area contributed by atoms with Crippen LogP contribution in [0.25, 0.3) is 0 Å². The molecule has 0 unspecified atom stereocenters. The molecule has 0 bridgehead atoms. The third-order valence-corrected chi connectivity index (χ3v) is 3.65. The molecule has 1 aromatic heterocycles. The summed E-state index contributed by atoms with van der Waals surface area (Å²) in [5, 5.41) is 2.12. The third-order valence-electron chi connectivity index (χ3n) is 2.78. The molecule has 1 fully saturated rings. The minimum Gasteiger partial charge on any atom is -0.303 e. The van der Waals surface area contributed by atoms with Gasteiger partial charge in [0.2, 0.25) is 0 Å². The highest BCUT2D eigenvalue weighted by Crippen LogP contribution is 2.18. The summed E-state index contributed by atoms with van der Waals surface area (Å²) in [5.41, 5.74) is 0. The van der Waals surface area contributed by atoms with E-state index in [2.05, 4.69) is 22.4 Å². The summed E-state index contributed by atoms with van der Waals surface area (Å²) in [4.78, 5) is 14.4. The zero-order valence-electron chi connectivity index (χ0n) is 8.19. The zero-order valence-corrected chi connectivity index (χ0v) is 9.00. The summed E-state index contributed by atoms with van der Waals surface area (Å²) in [7, 11) is 0. The van der Waals surface area contributed by atoms with Crippen molar-refractivity contribution in [1.82, 2.24) is 4.90 Å². The smallest absolute Gasteiger partial charge is 0.123 e. The summed E-state index contributed by atoms with van der Waals surface area (Å²) >= 11 is 1.81. The monoisotopic (exact) mass is 209 g/mol. The van der Waals surface area contributed by atoms with Crippen LogP contribution < -0.4 is 0 Å². The van der Waals surface area contributed by atoms with E-state index in [4.69, 9.17) is 0 Å². The molecule has 2 heterocycles. The Hall–Kier alpha value is -0.670. The van der Waals surface area contributed by atoms with Crippen LogP contribution in [0.1, 0.15) is 17.7 Å². The summed E-state index contributed by atoms with van der Waals surface area (Å²) in [5.74, 6) is 0.314. The van der Waals surface area contributed by atoms with Crippen LogP contribution in [0.15, 0.2) is 17.5 Å². The first kappa shape index (κ1) is 9.87. The Labute approximate surface area is 88.5 Å². The van der Waals surface area contributed by atoms with Gasteiger partial charge in [-0.3, -0.25) is 4.90 Å². The largest absolute Gasteiger partial charge is 0.303 e. The number of nitrogens with zero attached hydrogens (tertiary/aromatic N) is 1. The van der Waals surface area contributed by atoms with E-state index in [-0.39, 0.29) is 0 Å². The van der Waals surface area contributed by atoms with Crippen molar-refractivity contribution in [2.24, 2.45) is 5.92 Å². The van der Waals surface area contributed by atoms with Crippen molar-refractivity contribution >= 4 is 17.6 Å². The highest BCUT2D eigenvalue weighted by atomic mass is 32.1. The number of carbonyl (C=O) groups excluding carboxylic acids is 1. The van der Waals surface area contributed by atoms with E-state index in [0.717, 1.165) is 38.8 Å². The molecule has 1 aromatic rings. The zero-order chi connectivity index (χ0) is 9.80. The molecule has 0 radical (unpaired) electrons. The average molecular weight is 209 g/mol. The standard InChI is InChI=1S/C11H15NOS/c13-9-10-3-5-12(6-4-10)8-11-2-1-7-14-11/h1-2,7,9-10H,3-6,8H2. The second kappa shape index (κ2) is 4.71. The van der Waals surface area contributed by atoms with Gasteiger partial charge in [0.15, 0.2) is 0 Å². The predicted molar refractivity (Wildman–Crippen MR) is 58.4 cm³/mol. The molecule has 2 nitrogen and oxygen atoms in total. The quantitative estimate of drug-likeness (QED) is 0.711. The molecule has 14 heavy (non-hydrogen) atoms. The molecule has 0 N–H and O–H groups in total. The lowest BCUT2D eigenvalue weighted by Crippen LogP contribution is -2.33. The van der Waals surface area contributed by atoms with E-state index >= 15 is 0 Å². The summed E-state index contributed by atoms with van der Waals surface area (Å²) in [6.45, 7) is 3.20. The Bertz CT molecular complexity index is 275. The van der Waals surface area contributed by atoms with Crippen molar-refractivity contribution in [2.45, 2.75) is 19.4 Å². The Balaban J connectivity index is 1.81. The molecule has 2 rings (SSSR count). The topological polar surface area (TPSA) is 20.3 Å². The molecule has 76 valence electrons. The number of likely N-dealkylation sites (tertiary alicyclic amines) is 1. The molecular weight excluding hydrogens is 194 g/mol. The highest BCUT2D eigenvalue weighted by Gasteiger charge is 2.18. The Kier molecular flexibility index (Phi) is 3.32. The Morgan fingerprint density at radius 2 is 2.29 bits per heavy atom. The molecule has 0 saturated carbocycles. The van der Waals surface area contributed by atoms with Crippen LogP contribution in [0, 0.1) is 5.92 Å². The lowest BCUT2D eigenvalue weighted by atomic mass is 9.99. The van der Waals surface area contributed by atoms with Crippen LogP contribution in [0.4, 0.5) is 0 Å². The maximum atomic E-state index is 10.6. The normalized spacial score (nSPS) is 19.7. The molecular formula is C11H15NOS. The molecule has 0 spiro atoms. The van der Waals surface area contributed by atoms with Gasteiger partial charge in [0.05, 0.1) is 0 Å². The van der Waals surface area contributed by atoms with E-state index in [0.29, 0.717) is 5.92 Å². The Morgan fingerprint density at radius 1 is 1.50 bits per heavy atom. The number of piperidine rings is 1. The van der Waals surface area contributed by atoms with Gasteiger partial charge in [-0.15, -0.1) is 11.3 Å². The lowest BCUT2D eigenvalue weighted by Gasteiger charge is -2.28. The number of rotatable bonds is 3. The van der Waals surface area contributed by atoms with Gasteiger partial charge in [0.1, 0.15) is 6.29 Å². The minimum absolute atomic E-state index is 0.314. The van der Waals surface area contributed by atoms with Crippen LogP contribution in [0.5, 0.6) is 0 Å². The van der Waals surface area contributed by atoms with Gasteiger partial charge in [-0.25, -0.2) is 0 Å². The molecule has 0 aromatic carbocycles. The summed E-state index contributed by atoms with van der Waals surface area (Å²) in [6, 6.07) is 4.27. The minimum atomic E-state index is 0.314. The first-order chi connectivity index (χ1) is 6.88. The van der Waals surface area contributed by atoms with Crippen LogP contribution >= 0.6 is 11.3 Å². The first-order valence-electron chi connectivity index (χ1n) is 5.08. The molecule has 0 amide bonds. The lowest BCUT2D eigenvalue weighted by molar-refractivity contribution is -0.112.